The van der Waals surface area contributed by atoms with Crippen molar-refractivity contribution in [1.82, 2.24) is 9.97 Å². The molecular weight excluding hydrogens is 288 g/mol. The van der Waals surface area contributed by atoms with Gasteiger partial charge in [0.2, 0.25) is 5.88 Å². The van der Waals surface area contributed by atoms with Crippen LogP contribution in [0.5, 0.6) is 11.6 Å². The Kier molecular flexibility index (Phi) is 5.39. The fourth-order valence-electron chi connectivity index (χ4n) is 1.99. The zero-order chi connectivity index (χ0) is 15.2. The van der Waals surface area contributed by atoms with E-state index in [-0.39, 0.29) is 0 Å². The van der Waals surface area contributed by atoms with Gasteiger partial charge in [-0.05, 0) is 32.4 Å². The molecule has 0 aliphatic rings. The molecule has 112 valence electrons. The van der Waals surface area contributed by atoms with Crippen molar-refractivity contribution in [3.8, 4) is 11.6 Å². The van der Waals surface area contributed by atoms with E-state index >= 15 is 0 Å². The third kappa shape index (κ3) is 4.60. The molecule has 4 nitrogen and oxygen atoms in total. The Morgan fingerprint density at radius 3 is 2.62 bits per heavy atom. The van der Waals surface area contributed by atoms with Crippen LogP contribution in [-0.2, 0) is 6.42 Å². The lowest BCUT2D eigenvalue weighted by atomic mass is 10.1. The Labute approximate surface area is 130 Å². The van der Waals surface area contributed by atoms with Crippen LogP contribution in [0, 0.1) is 13.8 Å². The van der Waals surface area contributed by atoms with Crippen LogP contribution in [0.3, 0.4) is 0 Å². The number of ether oxygens (including phenoxy) is 2. The van der Waals surface area contributed by atoms with E-state index < -0.39 is 0 Å². The smallest absolute Gasteiger partial charge is 0.218 e. The molecule has 0 saturated carbocycles. The summed E-state index contributed by atoms with van der Waals surface area (Å²) in [6.07, 6.45) is 0.577. The van der Waals surface area contributed by atoms with Gasteiger partial charge in [-0.1, -0.05) is 29.3 Å². The van der Waals surface area contributed by atoms with Crippen molar-refractivity contribution in [2.24, 2.45) is 0 Å². The summed E-state index contributed by atoms with van der Waals surface area (Å²) < 4.78 is 11.1. The van der Waals surface area contributed by atoms with E-state index in [0.29, 0.717) is 36.5 Å². The molecule has 0 atom stereocenters. The van der Waals surface area contributed by atoms with Gasteiger partial charge in [-0.15, -0.1) is 0 Å². The number of benzene rings is 1. The van der Waals surface area contributed by atoms with E-state index in [1.165, 1.54) is 5.56 Å². The molecule has 0 aliphatic heterocycles. The van der Waals surface area contributed by atoms with Crippen LogP contribution in [0.25, 0.3) is 0 Å². The Morgan fingerprint density at radius 1 is 1.10 bits per heavy atom. The third-order valence-electron chi connectivity index (χ3n) is 2.92. The van der Waals surface area contributed by atoms with E-state index in [2.05, 4.69) is 23.0 Å². The molecule has 2 rings (SSSR count). The largest absolute Gasteiger partial charge is 0.493 e. The van der Waals surface area contributed by atoms with Crippen molar-refractivity contribution >= 4 is 11.6 Å². The standard InChI is InChI=1S/C16H19ClN2O2/c1-4-20-16-10-14(17)18-15(19-16)7-8-21-13-6-5-11(2)9-12(13)3/h5-6,9-10H,4,7-8H2,1-3H3. The monoisotopic (exact) mass is 306 g/mol. The van der Waals surface area contributed by atoms with Gasteiger partial charge in [0, 0.05) is 12.5 Å². The third-order valence-corrected chi connectivity index (χ3v) is 3.12. The molecule has 0 unspecified atom stereocenters. The van der Waals surface area contributed by atoms with Crippen molar-refractivity contribution in [1.29, 1.82) is 0 Å². The zero-order valence-corrected chi connectivity index (χ0v) is 13.3. The highest BCUT2D eigenvalue weighted by molar-refractivity contribution is 6.29. The summed E-state index contributed by atoms with van der Waals surface area (Å²) >= 11 is 5.95. The predicted octanol–water partition coefficient (Wildman–Crippen LogP) is 3.77. The zero-order valence-electron chi connectivity index (χ0n) is 12.5. The Bertz CT molecular complexity index is 617. The van der Waals surface area contributed by atoms with Gasteiger partial charge in [0.15, 0.2) is 0 Å². The summed E-state index contributed by atoms with van der Waals surface area (Å²) in [5.74, 6) is 2.00. The fraction of sp³-hybridized carbons (Fsp3) is 0.375. The Balaban J connectivity index is 1.96. The highest BCUT2D eigenvalue weighted by Crippen LogP contribution is 2.19. The summed E-state index contributed by atoms with van der Waals surface area (Å²) in [7, 11) is 0. The lowest BCUT2D eigenvalue weighted by molar-refractivity contribution is 0.309. The normalized spacial score (nSPS) is 10.5. The molecule has 0 spiro atoms. The number of hydrogen-bond acceptors (Lipinski definition) is 4. The highest BCUT2D eigenvalue weighted by Gasteiger charge is 2.05. The SMILES string of the molecule is CCOc1cc(Cl)nc(CCOc2ccc(C)cc2C)n1. The Hall–Kier alpha value is -1.81. The Morgan fingerprint density at radius 2 is 1.90 bits per heavy atom. The molecule has 1 heterocycles. The van der Waals surface area contributed by atoms with Crippen molar-refractivity contribution in [3.63, 3.8) is 0 Å². The lowest BCUT2D eigenvalue weighted by Crippen LogP contribution is -2.07. The van der Waals surface area contributed by atoms with Gasteiger partial charge < -0.3 is 9.47 Å². The molecule has 0 bridgehead atoms. The van der Waals surface area contributed by atoms with Crippen LogP contribution in [0.2, 0.25) is 5.15 Å². The van der Waals surface area contributed by atoms with Crippen molar-refractivity contribution in [3.05, 3.63) is 46.4 Å². The molecule has 5 heteroatoms. The van der Waals surface area contributed by atoms with E-state index in [0.717, 1.165) is 11.3 Å². The lowest BCUT2D eigenvalue weighted by Gasteiger charge is -2.10. The quantitative estimate of drug-likeness (QED) is 0.762. The second-order valence-corrected chi connectivity index (χ2v) is 5.13. The first-order chi connectivity index (χ1) is 10.1. The summed E-state index contributed by atoms with van der Waals surface area (Å²) in [4.78, 5) is 8.47. The molecule has 0 saturated heterocycles. The summed E-state index contributed by atoms with van der Waals surface area (Å²) in [6.45, 7) is 7.04. The van der Waals surface area contributed by atoms with E-state index in [4.69, 9.17) is 21.1 Å². The van der Waals surface area contributed by atoms with E-state index in [1.54, 1.807) is 6.07 Å². The molecule has 0 radical (unpaired) electrons. The first-order valence-electron chi connectivity index (χ1n) is 6.95. The summed E-state index contributed by atoms with van der Waals surface area (Å²) in [5, 5.41) is 0.384. The highest BCUT2D eigenvalue weighted by atomic mass is 35.5. The first kappa shape index (κ1) is 15.6. The second kappa shape index (κ2) is 7.27. The van der Waals surface area contributed by atoms with Crippen LogP contribution in [0.1, 0.15) is 23.9 Å². The van der Waals surface area contributed by atoms with E-state index in [1.807, 2.05) is 26.0 Å². The number of aromatic nitrogens is 2. The second-order valence-electron chi connectivity index (χ2n) is 4.75. The van der Waals surface area contributed by atoms with Crippen molar-refractivity contribution < 1.29 is 9.47 Å². The minimum Gasteiger partial charge on any atom is -0.493 e. The molecule has 1 aromatic carbocycles. The van der Waals surface area contributed by atoms with Crippen LogP contribution in [0.4, 0.5) is 0 Å². The maximum Gasteiger partial charge on any atom is 0.218 e. The molecule has 0 fully saturated rings. The van der Waals surface area contributed by atoms with Crippen LogP contribution in [0.15, 0.2) is 24.3 Å². The van der Waals surface area contributed by atoms with Crippen molar-refractivity contribution in [2.75, 3.05) is 13.2 Å². The molecular formula is C16H19ClN2O2. The predicted molar refractivity (Wildman–Crippen MR) is 83.3 cm³/mol. The molecule has 2 aromatic rings. The minimum absolute atomic E-state index is 0.384. The maximum absolute atomic E-state index is 5.95. The number of hydrogen-bond donors (Lipinski definition) is 0. The molecule has 21 heavy (non-hydrogen) atoms. The minimum atomic E-state index is 0.384. The topological polar surface area (TPSA) is 44.2 Å². The molecule has 0 amide bonds. The van der Waals surface area contributed by atoms with Gasteiger partial charge in [0.05, 0.1) is 13.2 Å². The number of rotatable bonds is 6. The molecule has 1 aromatic heterocycles. The van der Waals surface area contributed by atoms with Gasteiger partial charge in [0.25, 0.3) is 0 Å². The van der Waals surface area contributed by atoms with Gasteiger partial charge in [-0.25, -0.2) is 4.98 Å². The van der Waals surface area contributed by atoms with Crippen LogP contribution >= 0.6 is 11.6 Å². The van der Waals surface area contributed by atoms with Gasteiger partial charge in [-0.3, -0.25) is 0 Å². The van der Waals surface area contributed by atoms with Gasteiger partial charge >= 0.3 is 0 Å². The average Bonchev–Trinajstić information content (AvgIpc) is 2.41. The summed E-state index contributed by atoms with van der Waals surface area (Å²) in [6, 6.07) is 7.72. The first-order valence-corrected chi connectivity index (χ1v) is 7.32. The van der Waals surface area contributed by atoms with Gasteiger partial charge in [0.1, 0.15) is 16.7 Å². The maximum atomic E-state index is 5.95. The number of aryl methyl sites for hydroxylation is 2. The van der Waals surface area contributed by atoms with Gasteiger partial charge in [-0.2, -0.15) is 4.98 Å². The number of halogens is 1. The van der Waals surface area contributed by atoms with Crippen LogP contribution in [-0.4, -0.2) is 23.2 Å². The van der Waals surface area contributed by atoms with E-state index in [9.17, 15) is 0 Å². The molecule has 0 aliphatic carbocycles. The van der Waals surface area contributed by atoms with Crippen molar-refractivity contribution in [2.45, 2.75) is 27.2 Å². The fourth-order valence-corrected chi connectivity index (χ4v) is 2.18. The summed E-state index contributed by atoms with van der Waals surface area (Å²) in [5.41, 5.74) is 2.34. The van der Waals surface area contributed by atoms with Crippen LogP contribution < -0.4 is 9.47 Å². The number of nitrogens with zero attached hydrogens (tertiary/aromatic N) is 2. The molecule has 0 N–H and O–H groups in total. The average molecular weight is 307 g/mol.